The molecule has 0 saturated carbocycles. The van der Waals surface area contributed by atoms with Crippen LogP contribution in [0.5, 0.6) is 0 Å². The van der Waals surface area contributed by atoms with Crippen molar-refractivity contribution in [3.8, 4) is 11.3 Å². The normalized spacial score (nSPS) is 11.0. The predicted octanol–water partition coefficient (Wildman–Crippen LogP) is 4.19. The number of aromatic nitrogens is 3. The van der Waals surface area contributed by atoms with E-state index in [1.165, 1.54) is 0 Å². The largest absolute Gasteiger partial charge is 0.361 e. The third kappa shape index (κ3) is 3.59. The first kappa shape index (κ1) is 17.4. The van der Waals surface area contributed by atoms with Crippen LogP contribution in [0.1, 0.15) is 16.1 Å². The minimum Gasteiger partial charge on any atom is -0.361 e. The van der Waals surface area contributed by atoms with Crippen molar-refractivity contribution in [2.45, 2.75) is 6.42 Å². The van der Waals surface area contributed by atoms with Crippen molar-refractivity contribution in [2.75, 3.05) is 6.54 Å². The van der Waals surface area contributed by atoms with E-state index in [-0.39, 0.29) is 5.91 Å². The summed E-state index contributed by atoms with van der Waals surface area (Å²) in [4.78, 5) is 15.7. The van der Waals surface area contributed by atoms with E-state index >= 15 is 0 Å². The molecule has 0 fully saturated rings. The minimum absolute atomic E-state index is 0.175. The number of rotatable bonds is 5. The van der Waals surface area contributed by atoms with Crippen LogP contribution in [0.4, 0.5) is 0 Å². The quantitative estimate of drug-likeness (QED) is 0.546. The highest BCUT2D eigenvalue weighted by atomic mass is 35.5. The maximum Gasteiger partial charge on any atom is 0.271 e. The molecular formula is C21H19ClN4O. The van der Waals surface area contributed by atoms with Crippen LogP contribution in [-0.4, -0.2) is 27.2 Å². The van der Waals surface area contributed by atoms with Crippen molar-refractivity contribution in [3.63, 3.8) is 0 Å². The third-order valence-electron chi connectivity index (χ3n) is 4.59. The molecule has 1 amide bonds. The molecule has 27 heavy (non-hydrogen) atoms. The Morgan fingerprint density at radius 2 is 2.00 bits per heavy atom. The summed E-state index contributed by atoms with van der Waals surface area (Å²) in [7, 11) is 1.84. The molecular weight excluding hydrogens is 360 g/mol. The van der Waals surface area contributed by atoms with Crippen LogP contribution in [0.2, 0.25) is 5.02 Å². The van der Waals surface area contributed by atoms with Gasteiger partial charge in [-0.15, -0.1) is 0 Å². The van der Waals surface area contributed by atoms with Gasteiger partial charge in [0.05, 0.1) is 5.69 Å². The van der Waals surface area contributed by atoms with Gasteiger partial charge in [0.15, 0.2) is 5.69 Å². The molecule has 2 aromatic heterocycles. The number of fused-ring (bicyclic) bond motifs is 1. The van der Waals surface area contributed by atoms with Crippen molar-refractivity contribution >= 4 is 28.4 Å². The molecule has 2 N–H and O–H groups in total. The van der Waals surface area contributed by atoms with Gasteiger partial charge in [-0.05, 0) is 41.8 Å². The monoisotopic (exact) mass is 378 g/mol. The zero-order valence-electron chi connectivity index (χ0n) is 14.9. The van der Waals surface area contributed by atoms with E-state index in [1.54, 1.807) is 4.68 Å². The Balaban J connectivity index is 1.43. The Morgan fingerprint density at radius 1 is 1.19 bits per heavy atom. The number of hydrogen-bond acceptors (Lipinski definition) is 2. The number of carbonyl (C=O) groups excluding carboxylic acids is 1. The molecule has 4 aromatic rings. The van der Waals surface area contributed by atoms with E-state index in [0.717, 1.165) is 27.7 Å². The van der Waals surface area contributed by atoms with E-state index in [0.29, 0.717) is 23.7 Å². The van der Waals surface area contributed by atoms with Gasteiger partial charge < -0.3 is 10.3 Å². The number of carbonyl (C=O) groups is 1. The zero-order valence-corrected chi connectivity index (χ0v) is 15.6. The molecule has 4 rings (SSSR count). The fraction of sp³-hybridized carbons (Fsp3) is 0.143. The van der Waals surface area contributed by atoms with Gasteiger partial charge in [-0.25, -0.2) is 0 Å². The molecule has 2 aromatic carbocycles. The van der Waals surface area contributed by atoms with Gasteiger partial charge in [0.25, 0.3) is 5.91 Å². The Bertz CT molecular complexity index is 1100. The van der Waals surface area contributed by atoms with Crippen molar-refractivity contribution in [1.29, 1.82) is 0 Å². The minimum atomic E-state index is -0.175. The molecule has 0 bridgehead atoms. The summed E-state index contributed by atoms with van der Waals surface area (Å²) < 4.78 is 1.73. The highest BCUT2D eigenvalue weighted by molar-refractivity contribution is 6.31. The fourth-order valence-electron chi connectivity index (χ4n) is 3.22. The summed E-state index contributed by atoms with van der Waals surface area (Å²) in [6, 6.07) is 17.5. The number of halogens is 1. The lowest BCUT2D eigenvalue weighted by molar-refractivity contribution is 0.0948. The summed E-state index contributed by atoms with van der Waals surface area (Å²) in [6.45, 7) is 0.523. The SMILES string of the molecule is Cn1nc(C(=O)NCCc2c[nH]c3ccc(Cl)cc23)cc1-c1ccccc1. The topological polar surface area (TPSA) is 62.7 Å². The maximum absolute atomic E-state index is 12.5. The molecule has 0 atom stereocenters. The first-order valence-electron chi connectivity index (χ1n) is 8.75. The predicted molar refractivity (Wildman–Crippen MR) is 108 cm³/mol. The molecule has 0 aliphatic carbocycles. The smallest absolute Gasteiger partial charge is 0.271 e. The number of nitrogens with zero attached hydrogens (tertiary/aromatic N) is 2. The van der Waals surface area contributed by atoms with Gasteiger partial charge in [-0.3, -0.25) is 9.48 Å². The van der Waals surface area contributed by atoms with Crippen LogP contribution < -0.4 is 5.32 Å². The van der Waals surface area contributed by atoms with E-state index in [9.17, 15) is 4.79 Å². The zero-order chi connectivity index (χ0) is 18.8. The van der Waals surface area contributed by atoms with Gasteiger partial charge in [0.1, 0.15) is 0 Å². The average molecular weight is 379 g/mol. The molecule has 5 nitrogen and oxygen atoms in total. The Labute approximate surface area is 162 Å². The van der Waals surface area contributed by atoms with E-state index in [2.05, 4.69) is 15.4 Å². The van der Waals surface area contributed by atoms with Crippen molar-refractivity contribution in [2.24, 2.45) is 7.05 Å². The summed E-state index contributed by atoms with van der Waals surface area (Å²) in [5.41, 5.74) is 4.52. The second-order valence-electron chi connectivity index (χ2n) is 6.41. The number of amides is 1. The lowest BCUT2D eigenvalue weighted by Crippen LogP contribution is -2.26. The molecule has 0 saturated heterocycles. The fourth-order valence-corrected chi connectivity index (χ4v) is 3.39. The van der Waals surface area contributed by atoms with Crippen molar-refractivity contribution in [3.05, 3.63) is 77.1 Å². The average Bonchev–Trinajstić information content (AvgIpc) is 3.26. The molecule has 0 radical (unpaired) electrons. The van der Waals surface area contributed by atoms with Crippen molar-refractivity contribution < 1.29 is 4.79 Å². The third-order valence-corrected chi connectivity index (χ3v) is 4.83. The second kappa shape index (κ2) is 7.29. The summed E-state index contributed by atoms with van der Waals surface area (Å²) in [6.07, 6.45) is 2.67. The van der Waals surface area contributed by atoms with Crippen LogP contribution in [0.3, 0.4) is 0 Å². The van der Waals surface area contributed by atoms with Gasteiger partial charge in [0.2, 0.25) is 0 Å². The molecule has 136 valence electrons. The van der Waals surface area contributed by atoms with E-state index < -0.39 is 0 Å². The summed E-state index contributed by atoms with van der Waals surface area (Å²) >= 11 is 6.09. The molecule has 2 heterocycles. The maximum atomic E-state index is 12.5. The van der Waals surface area contributed by atoms with Crippen LogP contribution in [-0.2, 0) is 13.5 Å². The van der Waals surface area contributed by atoms with Crippen molar-refractivity contribution in [1.82, 2.24) is 20.1 Å². The second-order valence-corrected chi connectivity index (χ2v) is 6.85. The van der Waals surface area contributed by atoms with Crippen LogP contribution in [0.15, 0.2) is 60.8 Å². The van der Waals surface area contributed by atoms with Crippen LogP contribution >= 0.6 is 11.6 Å². The molecule has 0 aliphatic rings. The first-order valence-corrected chi connectivity index (χ1v) is 9.13. The molecule has 0 spiro atoms. The van der Waals surface area contributed by atoms with Gasteiger partial charge >= 0.3 is 0 Å². The standard InChI is InChI=1S/C21H19ClN4O/c1-26-20(14-5-3-2-4-6-14)12-19(25-26)21(27)23-10-9-15-13-24-18-8-7-16(22)11-17(15)18/h2-8,11-13,24H,9-10H2,1H3,(H,23,27). The van der Waals surface area contributed by atoms with E-state index in [4.69, 9.17) is 11.6 Å². The van der Waals surface area contributed by atoms with Crippen LogP contribution in [0, 0.1) is 0 Å². The highest BCUT2D eigenvalue weighted by Gasteiger charge is 2.14. The summed E-state index contributed by atoms with van der Waals surface area (Å²) in [5, 5.41) is 9.08. The number of hydrogen-bond donors (Lipinski definition) is 2. The molecule has 0 unspecified atom stereocenters. The molecule has 0 aliphatic heterocycles. The summed E-state index contributed by atoms with van der Waals surface area (Å²) in [5.74, 6) is -0.175. The number of benzene rings is 2. The lowest BCUT2D eigenvalue weighted by atomic mass is 10.1. The Hall–Kier alpha value is -3.05. The lowest BCUT2D eigenvalue weighted by Gasteiger charge is -2.03. The Morgan fingerprint density at radius 3 is 2.81 bits per heavy atom. The number of aromatic amines is 1. The highest BCUT2D eigenvalue weighted by Crippen LogP contribution is 2.23. The van der Waals surface area contributed by atoms with Gasteiger partial charge in [-0.2, -0.15) is 5.10 Å². The van der Waals surface area contributed by atoms with E-state index in [1.807, 2.05) is 67.8 Å². The number of H-pyrrole nitrogens is 1. The van der Waals surface area contributed by atoms with Gasteiger partial charge in [-0.1, -0.05) is 41.9 Å². The number of nitrogens with one attached hydrogen (secondary N) is 2. The Kier molecular flexibility index (Phi) is 4.69. The van der Waals surface area contributed by atoms with Crippen LogP contribution in [0.25, 0.3) is 22.2 Å². The molecule has 6 heteroatoms. The van der Waals surface area contributed by atoms with Gasteiger partial charge in [0, 0.05) is 35.7 Å². The number of aryl methyl sites for hydroxylation is 1. The first-order chi connectivity index (χ1) is 13.1.